The van der Waals surface area contributed by atoms with Gasteiger partial charge in [0.2, 0.25) is 5.91 Å². The normalized spacial score (nSPS) is 19.1. The van der Waals surface area contributed by atoms with Gasteiger partial charge in [0.1, 0.15) is 6.04 Å². The highest BCUT2D eigenvalue weighted by molar-refractivity contribution is 5.94. The van der Waals surface area contributed by atoms with Crippen molar-refractivity contribution in [3.05, 3.63) is 0 Å². The van der Waals surface area contributed by atoms with Crippen LogP contribution in [-0.4, -0.2) is 54.1 Å². The molecule has 19 heavy (non-hydrogen) atoms. The largest absolute Gasteiger partial charge is 0.480 e. The number of urea groups is 1. The molecular formula is C11H20ClN3O4. The number of amides is 3. The van der Waals surface area contributed by atoms with Gasteiger partial charge in [-0.2, -0.15) is 0 Å². The van der Waals surface area contributed by atoms with Crippen molar-refractivity contribution in [3.8, 4) is 0 Å². The number of carboxylic acids is 1. The molecule has 0 radical (unpaired) electrons. The summed E-state index contributed by atoms with van der Waals surface area (Å²) in [6, 6.07) is -1.06. The summed E-state index contributed by atoms with van der Waals surface area (Å²) in [5.41, 5.74) is 0. The molecule has 1 fully saturated rings. The first-order chi connectivity index (χ1) is 8.54. The Bertz CT molecular complexity index is 338. The van der Waals surface area contributed by atoms with E-state index in [9.17, 15) is 14.4 Å². The van der Waals surface area contributed by atoms with Gasteiger partial charge in [-0.15, -0.1) is 12.4 Å². The third-order valence-electron chi connectivity index (χ3n) is 3.00. The predicted molar refractivity (Wildman–Crippen MR) is 71.3 cm³/mol. The molecule has 1 rings (SSSR count). The first-order valence-corrected chi connectivity index (χ1v) is 6.03. The van der Waals surface area contributed by atoms with E-state index in [1.165, 1.54) is 7.05 Å². The van der Waals surface area contributed by atoms with Crippen LogP contribution in [0.3, 0.4) is 0 Å². The Labute approximate surface area is 118 Å². The number of hydrogen-bond acceptors (Lipinski definition) is 4. The van der Waals surface area contributed by atoms with Crippen molar-refractivity contribution in [1.82, 2.24) is 15.5 Å². The zero-order valence-electron chi connectivity index (χ0n) is 10.8. The fourth-order valence-electron chi connectivity index (χ4n) is 2.04. The van der Waals surface area contributed by atoms with Crippen LogP contribution in [0.1, 0.15) is 25.7 Å². The van der Waals surface area contributed by atoms with Gasteiger partial charge >= 0.3 is 12.0 Å². The number of nitrogens with zero attached hydrogens (tertiary/aromatic N) is 1. The van der Waals surface area contributed by atoms with Gasteiger partial charge in [0.25, 0.3) is 0 Å². The molecule has 0 aromatic carbocycles. The van der Waals surface area contributed by atoms with Gasteiger partial charge in [-0.05, 0) is 19.4 Å². The highest BCUT2D eigenvalue weighted by atomic mass is 35.5. The van der Waals surface area contributed by atoms with Gasteiger partial charge in [0.05, 0.1) is 0 Å². The molecule has 1 saturated heterocycles. The van der Waals surface area contributed by atoms with Crippen molar-refractivity contribution in [2.45, 2.75) is 31.7 Å². The average Bonchev–Trinajstić information content (AvgIpc) is 2.36. The summed E-state index contributed by atoms with van der Waals surface area (Å²) in [7, 11) is 1.42. The second-order valence-electron chi connectivity index (χ2n) is 4.26. The molecule has 7 nitrogen and oxygen atoms in total. The minimum Gasteiger partial charge on any atom is -0.480 e. The van der Waals surface area contributed by atoms with Gasteiger partial charge in [-0.1, -0.05) is 6.42 Å². The van der Waals surface area contributed by atoms with Crippen molar-refractivity contribution in [3.63, 3.8) is 0 Å². The quantitative estimate of drug-likeness (QED) is 0.687. The number of imide groups is 1. The van der Waals surface area contributed by atoms with Crippen molar-refractivity contribution in [1.29, 1.82) is 0 Å². The first kappa shape index (κ1) is 17.7. The minimum atomic E-state index is -0.846. The fraction of sp³-hybridized carbons (Fsp3) is 0.727. The summed E-state index contributed by atoms with van der Waals surface area (Å²) in [5, 5.41) is 13.5. The lowest BCUT2D eigenvalue weighted by Gasteiger charge is -2.32. The molecule has 0 aromatic rings. The van der Waals surface area contributed by atoms with Crippen molar-refractivity contribution >= 4 is 30.3 Å². The van der Waals surface area contributed by atoms with Gasteiger partial charge < -0.3 is 10.4 Å². The van der Waals surface area contributed by atoms with Crippen molar-refractivity contribution in [2.24, 2.45) is 0 Å². The van der Waals surface area contributed by atoms with Crippen LogP contribution in [0.2, 0.25) is 0 Å². The Balaban J connectivity index is 0.00000324. The van der Waals surface area contributed by atoms with Gasteiger partial charge in [-0.25, -0.2) is 4.79 Å². The molecule has 1 heterocycles. The molecule has 0 spiro atoms. The maximum absolute atomic E-state index is 11.4. The molecule has 3 N–H and O–H groups in total. The topological polar surface area (TPSA) is 98.7 Å². The van der Waals surface area contributed by atoms with E-state index in [-0.39, 0.29) is 18.8 Å². The van der Waals surface area contributed by atoms with Gasteiger partial charge in [0.15, 0.2) is 0 Å². The van der Waals surface area contributed by atoms with E-state index >= 15 is 0 Å². The maximum Gasteiger partial charge on any atom is 0.321 e. The molecule has 0 aliphatic carbocycles. The van der Waals surface area contributed by atoms with E-state index in [2.05, 4.69) is 10.6 Å². The average molecular weight is 294 g/mol. The molecular weight excluding hydrogens is 274 g/mol. The summed E-state index contributed by atoms with van der Waals surface area (Å²) in [6.45, 7) is 1.05. The summed E-state index contributed by atoms with van der Waals surface area (Å²) in [5.74, 6) is -1.24. The first-order valence-electron chi connectivity index (χ1n) is 6.03. The molecule has 1 unspecified atom stereocenters. The smallest absolute Gasteiger partial charge is 0.321 e. The Hall–Kier alpha value is -1.34. The Morgan fingerprint density at radius 3 is 2.58 bits per heavy atom. The minimum absolute atomic E-state index is 0. The van der Waals surface area contributed by atoms with E-state index in [1.807, 2.05) is 0 Å². The third-order valence-corrected chi connectivity index (χ3v) is 3.00. The lowest BCUT2D eigenvalue weighted by atomic mass is 10.0. The number of aliphatic carboxylic acids is 1. The molecule has 0 aromatic heterocycles. The lowest BCUT2D eigenvalue weighted by Crippen LogP contribution is -2.46. The molecule has 8 heteroatoms. The van der Waals surface area contributed by atoms with Crippen LogP contribution in [-0.2, 0) is 9.59 Å². The lowest BCUT2D eigenvalue weighted by molar-refractivity contribution is -0.145. The second kappa shape index (κ2) is 8.71. The Morgan fingerprint density at radius 2 is 2.00 bits per heavy atom. The van der Waals surface area contributed by atoms with Crippen LogP contribution in [0.5, 0.6) is 0 Å². The van der Waals surface area contributed by atoms with Gasteiger partial charge in [0, 0.05) is 20.0 Å². The molecule has 0 saturated carbocycles. The molecule has 110 valence electrons. The summed E-state index contributed by atoms with van der Waals surface area (Å²) in [6.07, 6.45) is 2.59. The highest BCUT2D eigenvalue weighted by Gasteiger charge is 2.28. The fourth-order valence-corrected chi connectivity index (χ4v) is 2.04. The predicted octanol–water partition coefficient (Wildman–Crippen LogP) is 0.193. The SMILES string of the molecule is CNC(=O)NC(=O)CCN1CCCCC1C(=O)O.Cl. The van der Waals surface area contributed by atoms with Crippen molar-refractivity contribution < 1.29 is 19.5 Å². The molecule has 1 aliphatic rings. The van der Waals surface area contributed by atoms with E-state index in [4.69, 9.17) is 5.11 Å². The van der Waals surface area contributed by atoms with Crippen LogP contribution in [0.15, 0.2) is 0 Å². The number of rotatable bonds is 4. The molecule has 1 atom stereocenters. The summed E-state index contributed by atoms with van der Waals surface area (Å²) < 4.78 is 0. The summed E-state index contributed by atoms with van der Waals surface area (Å²) >= 11 is 0. The number of carbonyl (C=O) groups is 3. The summed E-state index contributed by atoms with van der Waals surface area (Å²) in [4.78, 5) is 35.1. The number of carboxylic acid groups (broad SMARTS) is 1. The number of piperidine rings is 1. The standard InChI is InChI=1S/C11H19N3O4.ClH/c1-12-11(18)13-9(15)5-7-14-6-3-2-4-8(14)10(16)17;/h8H,2-7H2,1H3,(H,16,17)(H2,12,13,15,18);1H. The van der Waals surface area contributed by atoms with Crippen LogP contribution < -0.4 is 10.6 Å². The number of likely N-dealkylation sites (tertiary alicyclic amines) is 1. The Kier molecular flexibility index (Phi) is 8.09. The van der Waals surface area contributed by atoms with Crippen LogP contribution in [0, 0.1) is 0 Å². The van der Waals surface area contributed by atoms with Crippen molar-refractivity contribution in [2.75, 3.05) is 20.1 Å². The van der Waals surface area contributed by atoms with Gasteiger partial charge in [-0.3, -0.25) is 19.8 Å². The second-order valence-corrected chi connectivity index (χ2v) is 4.26. The van der Waals surface area contributed by atoms with E-state index in [0.717, 1.165) is 12.8 Å². The zero-order valence-corrected chi connectivity index (χ0v) is 11.7. The number of carbonyl (C=O) groups excluding carboxylic acids is 2. The number of hydrogen-bond donors (Lipinski definition) is 3. The van der Waals surface area contributed by atoms with E-state index in [1.54, 1.807) is 4.90 Å². The molecule has 3 amide bonds. The third kappa shape index (κ3) is 5.89. The van der Waals surface area contributed by atoms with Crippen LogP contribution in [0.4, 0.5) is 4.79 Å². The zero-order chi connectivity index (χ0) is 13.5. The maximum atomic E-state index is 11.4. The monoisotopic (exact) mass is 293 g/mol. The van der Waals surface area contributed by atoms with Crippen LogP contribution in [0.25, 0.3) is 0 Å². The molecule has 0 bridgehead atoms. The number of nitrogens with one attached hydrogen (secondary N) is 2. The van der Waals surface area contributed by atoms with Crippen LogP contribution >= 0.6 is 12.4 Å². The molecule has 1 aliphatic heterocycles. The Morgan fingerprint density at radius 1 is 1.32 bits per heavy atom. The van der Waals surface area contributed by atoms with E-state index < -0.39 is 23.9 Å². The number of halogens is 1. The van der Waals surface area contributed by atoms with E-state index in [0.29, 0.717) is 19.5 Å². The highest BCUT2D eigenvalue weighted by Crippen LogP contribution is 2.17.